The topological polar surface area (TPSA) is 51.8 Å². The van der Waals surface area contributed by atoms with E-state index in [2.05, 4.69) is 48.1 Å². The smallest absolute Gasteiger partial charge is 0.135 e. The second kappa shape index (κ2) is 5.17. The van der Waals surface area contributed by atoms with Crippen molar-refractivity contribution in [1.29, 1.82) is 0 Å². The van der Waals surface area contributed by atoms with Crippen LogP contribution < -0.4 is 5.73 Å². The van der Waals surface area contributed by atoms with Crippen LogP contribution in [0.15, 0.2) is 24.3 Å². The molecule has 94 valence electrons. The number of nitrogens with two attached hydrogens (primary N) is 1. The predicted octanol–water partition coefficient (Wildman–Crippen LogP) is 2.83. The second-order valence-electron chi connectivity index (χ2n) is 4.61. The molecule has 1 heterocycles. The van der Waals surface area contributed by atoms with Crippen molar-refractivity contribution in [3.05, 3.63) is 52.5 Å². The van der Waals surface area contributed by atoms with Gasteiger partial charge in [-0.15, -0.1) is 0 Å². The highest BCUT2D eigenvalue weighted by atomic mass is 15.0. The summed E-state index contributed by atoms with van der Waals surface area (Å²) in [7, 11) is 0. The van der Waals surface area contributed by atoms with Crippen molar-refractivity contribution in [2.45, 2.75) is 33.6 Å². The van der Waals surface area contributed by atoms with Gasteiger partial charge < -0.3 is 5.73 Å². The van der Waals surface area contributed by atoms with E-state index >= 15 is 0 Å². The summed E-state index contributed by atoms with van der Waals surface area (Å²) in [6.45, 7) is 6.15. The summed E-state index contributed by atoms with van der Waals surface area (Å²) in [6.07, 6.45) is 1.62. The molecule has 3 nitrogen and oxygen atoms in total. The fraction of sp³-hybridized carbons (Fsp3) is 0.333. The predicted molar refractivity (Wildman–Crippen MR) is 74.5 cm³/mol. The quantitative estimate of drug-likeness (QED) is 0.899. The van der Waals surface area contributed by atoms with Crippen molar-refractivity contribution in [2.75, 3.05) is 5.73 Å². The van der Waals surface area contributed by atoms with Gasteiger partial charge in [-0.2, -0.15) is 0 Å². The van der Waals surface area contributed by atoms with Gasteiger partial charge in [0.25, 0.3) is 0 Å². The lowest BCUT2D eigenvalue weighted by molar-refractivity contribution is 0.894. The molecule has 0 aliphatic heterocycles. The summed E-state index contributed by atoms with van der Waals surface area (Å²) in [6, 6.07) is 8.43. The van der Waals surface area contributed by atoms with E-state index in [-0.39, 0.29) is 0 Å². The Morgan fingerprint density at radius 3 is 2.33 bits per heavy atom. The van der Waals surface area contributed by atoms with E-state index in [1.165, 1.54) is 11.1 Å². The molecule has 0 spiro atoms. The normalized spacial score (nSPS) is 10.6. The van der Waals surface area contributed by atoms with Crippen LogP contribution in [0.25, 0.3) is 0 Å². The Morgan fingerprint density at radius 1 is 1.06 bits per heavy atom. The number of aryl methyl sites for hydroxylation is 2. The Kier molecular flexibility index (Phi) is 3.60. The van der Waals surface area contributed by atoms with Gasteiger partial charge in [0.15, 0.2) is 0 Å². The largest absolute Gasteiger partial charge is 0.383 e. The minimum Gasteiger partial charge on any atom is -0.383 e. The summed E-state index contributed by atoms with van der Waals surface area (Å²) in [5, 5.41) is 0. The zero-order valence-corrected chi connectivity index (χ0v) is 11.2. The third-order valence-corrected chi connectivity index (χ3v) is 3.15. The summed E-state index contributed by atoms with van der Waals surface area (Å²) >= 11 is 0. The molecule has 2 aromatic rings. The van der Waals surface area contributed by atoms with Gasteiger partial charge in [-0.25, -0.2) is 9.97 Å². The second-order valence-corrected chi connectivity index (χ2v) is 4.61. The number of hydrogen-bond acceptors (Lipinski definition) is 3. The van der Waals surface area contributed by atoms with Crippen LogP contribution in [0, 0.1) is 13.8 Å². The first-order valence-electron chi connectivity index (χ1n) is 6.27. The van der Waals surface area contributed by atoms with Crippen molar-refractivity contribution < 1.29 is 0 Å². The highest BCUT2D eigenvalue weighted by Gasteiger charge is 2.07. The molecular weight excluding hydrogens is 222 g/mol. The number of rotatable bonds is 3. The number of nitrogen functional groups attached to an aromatic ring is 1. The molecule has 3 heteroatoms. The Hall–Kier alpha value is -1.90. The minimum atomic E-state index is 0.601. The molecule has 0 fully saturated rings. The molecule has 0 saturated carbocycles. The van der Waals surface area contributed by atoms with Crippen molar-refractivity contribution in [3.63, 3.8) is 0 Å². The first-order chi connectivity index (χ1) is 8.60. The van der Waals surface area contributed by atoms with Crippen molar-refractivity contribution in [1.82, 2.24) is 9.97 Å². The van der Waals surface area contributed by atoms with Crippen LogP contribution >= 0.6 is 0 Å². The minimum absolute atomic E-state index is 0.601. The molecule has 2 rings (SSSR count). The lowest BCUT2D eigenvalue weighted by Crippen LogP contribution is -2.07. The van der Waals surface area contributed by atoms with E-state index in [1.54, 1.807) is 0 Å². The van der Waals surface area contributed by atoms with Gasteiger partial charge in [0.05, 0.1) is 0 Å². The van der Waals surface area contributed by atoms with Gasteiger partial charge in [-0.3, -0.25) is 0 Å². The average molecular weight is 241 g/mol. The number of nitrogens with zero attached hydrogens (tertiary/aromatic N) is 2. The lowest BCUT2D eigenvalue weighted by Gasteiger charge is -2.08. The summed E-state index contributed by atoms with van der Waals surface area (Å²) in [5.41, 5.74) is 10.4. The number of anilines is 1. The molecule has 0 bridgehead atoms. The number of aromatic nitrogens is 2. The third kappa shape index (κ3) is 2.67. The van der Waals surface area contributed by atoms with E-state index in [0.29, 0.717) is 5.82 Å². The molecule has 0 aliphatic rings. The first kappa shape index (κ1) is 12.6. The molecule has 0 aliphatic carbocycles. The SMILES string of the molecule is CCc1nc(Cc2ccc(C)cc2)nc(N)c1C. The molecule has 0 saturated heterocycles. The highest BCUT2D eigenvalue weighted by molar-refractivity contribution is 5.41. The average Bonchev–Trinajstić information content (AvgIpc) is 2.36. The zero-order valence-electron chi connectivity index (χ0n) is 11.2. The molecule has 18 heavy (non-hydrogen) atoms. The molecule has 0 atom stereocenters. The Bertz CT molecular complexity index is 544. The fourth-order valence-electron chi connectivity index (χ4n) is 1.95. The van der Waals surface area contributed by atoms with Gasteiger partial charge in [0, 0.05) is 17.7 Å². The van der Waals surface area contributed by atoms with Crippen LogP contribution in [0.2, 0.25) is 0 Å². The van der Waals surface area contributed by atoms with Crippen molar-refractivity contribution in [3.8, 4) is 0 Å². The Morgan fingerprint density at radius 2 is 1.72 bits per heavy atom. The molecule has 0 amide bonds. The van der Waals surface area contributed by atoms with Crippen LogP contribution in [0.3, 0.4) is 0 Å². The van der Waals surface area contributed by atoms with Gasteiger partial charge in [-0.05, 0) is 25.8 Å². The number of hydrogen-bond donors (Lipinski definition) is 1. The van der Waals surface area contributed by atoms with Crippen LogP contribution in [0.1, 0.15) is 35.1 Å². The lowest BCUT2D eigenvalue weighted by atomic mass is 10.1. The van der Waals surface area contributed by atoms with Crippen LogP contribution in [0.5, 0.6) is 0 Å². The molecule has 1 aromatic carbocycles. The van der Waals surface area contributed by atoms with E-state index < -0.39 is 0 Å². The maximum Gasteiger partial charge on any atom is 0.135 e. The van der Waals surface area contributed by atoms with Crippen molar-refractivity contribution in [2.24, 2.45) is 0 Å². The Balaban J connectivity index is 2.29. The van der Waals surface area contributed by atoms with Gasteiger partial charge in [0.1, 0.15) is 11.6 Å². The molecular formula is C15H19N3. The van der Waals surface area contributed by atoms with Crippen molar-refractivity contribution >= 4 is 5.82 Å². The van der Waals surface area contributed by atoms with Gasteiger partial charge in [0.2, 0.25) is 0 Å². The maximum atomic E-state index is 5.92. The Labute approximate surface area is 108 Å². The summed E-state index contributed by atoms with van der Waals surface area (Å²) in [5.74, 6) is 1.41. The summed E-state index contributed by atoms with van der Waals surface area (Å²) in [4.78, 5) is 8.94. The molecule has 2 N–H and O–H groups in total. The molecule has 1 aromatic heterocycles. The first-order valence-corrected chi connectivity index (χ1v) is 6.27. The van der Waals surface area contributed by atoms with Crippen LogP contribution in [-0.4, -0.2) is 9.97 Å². The highest BCUT2D eigenvalue weighted by Crippen LogP contribution is 2.15. The number of benzene rings is 1. The van der Waals surface area contributed by atoms with E-state index in [9.17, 15) is 0 Å². The zero-order chi connectivity index (χ0) is 13.1. The molecule has 0 radical (unpaired) electrons. The van der Waals surface area contributed by atoms with Gasteiger partial charge in [-0.1, -0.05) is 36.8 Å². The summed E-state index contributed by atoms with van der Waals surface area (Å²) < 4.78 is 0. The van der Waals surface area contributed by atoms with E-state index in [1.807, 2.05) is 6.92 Å². The van der Waals surface area contributed by atoms with E-state index in [0.717, 1.165) is 29.9 Å². The van der Waals surface area contributed by atoms with Crippen LogP contribution in [0.4, 0.5) is 5.82 Å². The maximum absolute atomic E-state index is 5.92. The van der Waals surface area contributed by atoms with Gasteiger partial charge >= 0.3 is 0 Å². The monoisotopic (exact) mass is 241 g/mol. The third-order valence-electron chi connectivity index (χ3n) is 3.15. The molecule has 0 unspecified atom stereocenters. The van der Waals surface area contributed by atoms with E-state index in [4.69, 9.17) is 5.73 Å². The standard InChI is InChI=1S/C15H19N3/c1-4-13-11(3)15(16)18-14(17-13)9-12-7-5-10(2)6-8-12/h5-8H,4,9H2,1-3H3,(H2,16,17,18). The van der Waals surface area contributed by atoms with Crippen LogP contribution in [-0.2, 0) is 12.8 Å². The fourth-order valence-corrected chi connectivity index (χ4v) is 1.95.